The highest BCUT2D eigenvalue weighted by Gasteiger charge is 2.35. The van der Waals surface area contributed by atoms with Gasteiger partial charge in [-0.3, -0.25) is 0 Å². The van der Waals surface area contributed by atoms with Crippen LogP contribution in [0.5, 0.6) is 0 Å². The smallest absolute Gasteiger partial charge is 0.0829 e. The van der Waals surface area contributed by atoms with Gasteiger partial charge in [0.25, 0.3) is 0 Å². The van der Waals surface area contributed by atoms with Crippen LogP contribution in [0.3, 0.4) is 0 Å². The summed E-state index contributed by atoms with van der Waals surface area (Å²) in [6.45, 7) is 9.83. The van der Waals surface area contributed by atoms with Crippen LogP contribution in [0.15, 0.2) is 12.1 Å². The molecule has 0 amide bonds. The van der Waals surface area contributed by atoms with E-state index in [1.54, 1.807) is 0 Å². The molecule has 2 nitrogen and oxygen atoms in total. The zero-order chi connectivity index (χ0) is 14.3. The Kier molecular flexibility index (Phi) is 7.05. The quantitative estimate of drug-likeness (QED) is 0.738. The van der Waals surface area contributed by atoms with Crippen molar-refractivity contribution in [1.82, 2.24) is 5.32 Å². The summed E-state index contributed by atoms with van der Waals surface area (Å²) < 4.78 is 5.90. The molecule has 1 unspecified atom stereocenters. The summed E-state index contributed by atoms with van der Waals surface area (Å²) in [5, 5.41) is 3.63. The van der Waals surface area contributed by atoms with Crippen molar-refractivity contribution in [3.05, 3.63) is 21.9 Å². The van der Waals surface area contributed by atoms with Gasteiger partial charge in [-0.05, 0) is 44.4 Å². The van der Waals surface area contributed by atoms with Crippen LogP contribution >= 0.6 is 11.3 Å². The predicted molar refractivity (Wildman–Crippen MR) is 85.2 cm³/mol. The maximum atomic E-state index is 5.90. The van der Waals surface area contributed by atoms with E-state index in [1.165, 1.54) is 9.75 Å². The Bertz CT molecular complexity index is 349. The van der Waals surface area contributed by atoms with Gasteiger partial charge in [-0.25, -0.2) is 0 Å². The number of ether oxygens (including phenoxy) is 1. The van der Waals surface area contributed by atoms with E-state index in [0.717, 1.165) is 32.2 Å². The lowest BCUT2D eigenvalue weighted by Crippen LogP contribution is -2.52. The summed E-state index contributed by atoms with van der Waals surface area (Å²) >= 11 is 1.94. The van der Waals surface area contributed by atoms with E-state index in [4.69, 9.17) is 4.74 Å². The molecular formula is C16H29NOS. The lowest BCUT2D eigenvalue weighted by molar-refractivity contribution is -0.0466. The number of hydrogen-bond donors (Lipinski definition) is 1. The van der Waals surface area contributed by atoms with Crippen LogP contribution in [0.1, 0.15) is 50.3 Å². The van der Waals surface area contributed by atoms with Crippen LogP contribution in [-0.4, -0.2) is 25.3 Å². The van der Waals surface area contributed by atoms with Gasteiger partial charge in [0.1, 0.15) is 0 Å². The summed E-state index contributed by atoms with van der Waals surface area (Å²) in [5.41, 5.74) is -0.0492. The van der Waals surface area contributed by atoms with E-state index in [-0.39, 0.29) is 5.60 Å². The van der Waals surface area contributed by atoms with Crippen LogP contribution in [0, 0.1) is 0 Å². The Morgan fingerprint density at radius 1 is 1.16 bits per heavy atom. The van der Waals surface area contributed by atoms with Crippen molar-refractivity contribution in [2.24, 2.45) is 0 Å². The first-order valence-electron chi connectivity index (χ1n) is 7.51. The Balaban J connectivity index is 2.86. The molecule has 19 heavy (non-hydrogen) atoms. The zero-order valence-corrected chi connectivity index (χ0v) is 13.9. The number of methoxy groups -OCH3 is 1. The van der Waals surface area contributed by atoms with Crippen LogP contribution in [0.4, 0.5) is 0 Å². The van der Waals surface area contributed by atoms with Crippen molar-refractivity contribution in [3.63, 3.8) is 0 Å². The number of hydrogen-bond acceptors (Lipinski definition) is 3. The van der Waals surface area contributed by atoms with Gasteiger partial charge in [-0.1, -0.05) is 27.7 Å². The minimum Gasteiger partial charge on any atom is -0.377 e. The van der Waals surface area contributed by atoms with Gasteiger partial charge in [0.2, 0.25) is 0 Å². The van der Waals surface area contributed by atoms with Crippen LogP contribution in [-0.2, 0) is 17.6 Å². The standard InChI is InChI=1S/C16H29NOS/c1-6-13-10-11-14(19-13)12-15(17-9-4)16(7-2,8-3)18-5/h10-11,15,17H,6-9,12H2,1-5H3. The molecule has 1 aromatic rings. The molecule has 0 bridgehead atoms. The van der Waals surface area contributed by atoms with E-state index in [1.807, 2.05) is 18.4 Å². The van der Waals surface area contributed by atoms with E-state index >= 15 is 0 Å². The molecule has 0 aliphatic carbocycles. The highest BCUT2D eigenvalue weighted by molar-refractivity contribution is 7.11. The van der Waals surface area contributed by atoms with Gasteiger partial charge in [0.05, 0.1) is 5.60 Å². The Morgan fingerprint density at radius 3 is 2.21 bits per heavy atom. The molecule has 0 saturated carbocycles. The zero-order valence-electron chi connectivity index (χ0n) is 13.1. The lowest BCUT2D eigenvalue weighted by atomic mass is 9.85. The van der Waals surface area contributed by atoms with E-state index < -0.39 is 0 Å². The van der Waals surface area contributed by atoms with Crippen molar-refractivity contribution >= 4 is 11.3 Å². The normalized spacial score (nSPS) is 13.7. The monoisotopic (exact) mass is 283 g/mol. The number of likely N-dealkylation sites (N-methyl/N-ethyl adjacent to an activating group) is 1. The third kappa shape index (κ3) is 4.04. The molecule has 0 saturated heterocycles. The first-order valence-corrected chi connectivity index (χ1v) is 8.33. The topological polar surface area (TPSA) is 21.3 Å². The summed E-state index contributed by atoms with van der Waals surface area (Å²) in [5.74, 6) is 0. The Morgan fingerprint density at radius 2 is 1.79 bits per heavy atom. The maximum absolute atomic E-state index is 5.90. The second kappa shape index (κ2) is 8.03. The fourth-order valence-corrected chi connectivity index (χ4v) is 3.79. The minimum absolute atomic E-state index is 0.0492. The van der Waals surface area contributed by atoms with Gasteiger partial charge in [-0.15, -0.1) is 11.3 Å². The molecule has 1 N–H and O–H groups in total. The number of aryl methyl sites for hydroxylation is 1. The highest BCUT2D eigenvalue weighted by Crippen LogP contribution is 2.28. The predicted octanol–water partition coefficient (Wildman–Crippen LogP) is 4.04. The molecule has 0 aliphatic heterocycles. The number of rotatable bonds is 9. The number of thiophene rings is 1. The molecule has 110 valence electrons. The molecule has 0 aromatic carbocycles. The maximum Gasteiger partial charge on any atom is 0.0829 e. The second-order valence-corrected chi connectivity index (χ2v) is 6.26. The van der Waals surface area contributed by atoms with Crippen molar-refractivity contribution in [2.45, 2.75) is 65.0 Å². The fourth-order valence-electron chi connectivity index (χ4n) is 2.79. The van der Waals surface area contributed by atoms with Crippen LogP contribution in [0.2, 0.25) is 0 Å². The molecular weight excluding hydrogens is 254 g/mol. The summed E-state index contributed by atoms with van der Waals surface area (Å²) in [6.07, 6.45) is 4.29. The largest absolute Gasteiger partial charge is 0.377 e. The molecule has 0 radical (unpaired) electrons. The highest BCUT2D eigenvalue weighted by atomic mass is 32.1. The van der Waals surface area contributed by atoms with Gasteiger partial charge in [0.15, 0.2) is 0 Å². The minimum atomic E-state index is -0.0492. The summed E-state index contributed by atoms with van der Waals surface area (Å²) in [4.78, 5) is 2.94. The lowest BCUT2D eigenvalue weighted by Gasteiger charge is -2.39. The molecule has 1 heterocycles. The molecule has 0 spiro atoms. The first-order chi connectivity index (χ1) is 9.15. The average molecular weight is 283 g/mol. The average Bonchev–Trinajstić information content (AvgIpc) is 2.89. The number of nitrogens with one attached hydrogen (secondary N) is 1. The third-order valence-electron chi connectivity index (χ3n) is 4.16. The van der Waals surface area contributed by atoms with Gasteiger partial charge in [0, 0.05) is 22.9 Å². The van der Waals surface area contributed by atoms with Gasteiger partial charge < -0.3 is 10.1 Å². The molecule has 0 fully saturated rings. The van der Waals surface area contributed by atoms with Crippen molar-refractivity contribution in [1.29, 1.82) is 0 Å². The van der Waals surface area contributed by atoms with Crippen molar-refractivity contribution in [3.8, 4) is 0 Å². The molecule has 1 aromatic heterocycles. The second-order valence-electron chi connectivity index (χ2n) is 5.01. The first kappa shape index (κ1) is 16.7. The molecule has 1 rings (SSSR count). The molecule has 1 atom stereocenters. The summed E-state index contributed by atoms with van der Waals surface area (Å²) in [7, 11) is 1.85. The van der Waals surface area contributed by atoms with Crippen molar-refractivity contribution < 1.29 is 4.74 Å². The molecule has 0 aliphatic rings. The Labute approximate surface area is 122 Å². The van der Waals surface area contributed by atoms with Crippen LogP contribution in [0.25, 0.3) is 0 Å². The fraction of sp³-hybridized carbons (Fsp3) is 0.750. The van der Waals surface area contributed by atoms with Crippen molar-refractivity contribution in [2.75, 3.05) is 13.7 Å². The summed E-state index contributed by atoms with van der Waals surface area (Å²) in [6, 6.07) is 4.93. The van der Waals surface area contributed by atoms with E-state index in [0.29, 0.717) is 6.04 Å². The van der Waals surface area contributed by atoms with E-state index in [9.17, 15) is 0 Å². The van der Waals surface area contributed by atoms with Crippen LogP contribution < -0.4 is 5.32 Å². The SMILES string of the molecule is CCNC(Cc1ccc(CC)s1)C(CC)(CC)OC. The van der Waals surface area contributed by atoms with Gasteiger partial charge in [-0.2, -0.15) is 0 Å². The molecule has 3 heteroatoms. The third-order valence-corrected chi connectivity index (χ3v) is 5.41. The van der Waals surface area contributed by atoms with E-state index in [2.05, 4.69) is 45.1 Å². The Hall–Kier alpha value is -0.380. The van der Waals surface area contributed by atoms with Gasteiger partial charge >= 0.3 is 0 Å².